The normalized spacial score (nSPS) is 15.6. The van der Waals surface area contributed by atoms with Crippen LogP contribution in [0.2, 0.25) is 0 Å². The van der Waals surface area contributed by atoms with E-state index in [1.54, 1.807) is 0 Å². The second-order valence-electron chi connectivity index (χ2n) is 6.26. The van der Waals surface area contributed by atoms with Crippen molar-refractivity contribution in [3.05, 3.63) is 65.7 Å². The van der Waals surface area contributed by atoms with E-state index in [2.05, 4.69) is 30.3 Å². The zero-order chi connectivity index (χ0) is 16.1. The molecule has 0 bridgehead atoms. The summed E-state index contributed by atoms with van der Waals surface area (Å²) in [7, 11) is 0. The van der Waals surface area contributed by atoms with Gasteiger partial charge >= 0.3 is 0 Å². The first-order valence-electron chi connectivity index (χ1n) is 8.40. The molecule has 3 heteroatoms. The van der Waals surface area contributed by atoms with Crippen LogP contribution < -0.4 is 5.73 Å². The molecule has 2 aromatic rings. The lowest BCUT2D eigenvalue weighted by Gasteiger charge is -2.32. The number of carbonyl (C=O) groups is 1. The van der Waals surface area contributed by atoms with E-state index in [1.165, 1.54) is 5.56 Å². The highest BCUT2D eigenvalue weighted by Crippen LogP contribution is 2.28. The van der Waals surface area contributed by atoms with Crippen LogP contribution in [0, 0.1) is 0 Å². The third-order valence-corrected chi connectivity index (χ3v) is 4.78. The predicted molar refractivity (Wildman–Crippen MR) is 94.2 cm³/mol. The average molecular weight is 308 g/mol. The van der Waals surface area contributed by atoms with Crippen molar-refractivity contribution in [1.29, 1.82) is 0 Å². The first kappa shape index (κ1) is 15.6. The highest BCUT2D eigenvalue weighted by molar-refractivity contribution is 5.76. The number of amides is 1. The first-order valence-corrected chi connectivity index (χ1v) is 8.40. The van der Waals surface area contributed by atoms with Crippen molar-refractivity contribution in [3.63, 3.8) is 0 Å². The molecule has 0 radical (unpaired) electrons. The maximum atomic E-state index is 12.4. The van der Waals surface area contributed by atoms with Crippen LogP contribution in [-0.4, -0.2) is 23.9 Å². The molecule has 23 heavy (non-hydrogen) atoms. The number of para-hydroxylation sites is 1. The van der Waals surface area contributed by atoms with Gasteiger partial charge in [0.05, 0.1) is 0 Å². The second-order valence-corrected chi connectivity index (χ2v) is 6.26. The number of benzene rings is 2. The van der Waals surface area contributed by atoms with Crippen LogP contribution in [0.15, 0.2) is 54.6 Å². The van der Waals surface area contributed by atoms with Gasteiger partial charge in [0.1, 0.15) is 0 Å². The second kappa shape index (κ2) is 7.32. The average Bonchev–Trinajstić information content (AvgIpc) is 2.62. The van der Waals surface area contributed by atoms with E-state index >= 15 is 0 Å². The Balaban J connectivity index is 1.50. The number of hydrogen-bond acceptors (Lipinski definition) is 2. The molecule has 1 aliphatic rings. The molecular formula is C20H24N2O. The van der Waals surface area contributed by atoms with E-state index < -0.39 is 0 Å². The minimum absolute atomic E-state index is 0.250. The summed E-state index contributed by atoms with van der Waals surface area (Å²) in [4.78, 5) is 14.4. The highest BCUT2D eigenvalue weighted by Gasteiger charge is 2.23. The molecule has 1 heterocycles. The van der Waals surface area contributed by atoms with Crippen LogP contribution >= 0.6 is 0 Å². The van der Waals surface area contributed by atoms with Crippen LogP contribution in [-0.2, 0) is 11.2 Å². The van der Waals surface area contributed by atoms with Crippen LogP contribution in [0.5, 0.6) is 0 Å². The minimum atomic E-state index is 0.250. The predicted octanol–water partition coefficient (Wildman–Crippen LogP) is 3.61. The number of piperidine rings is 1. The number of aryl methyl sites for hydroxylation is 1. The molecule has 1 amide bonds. The monoisotopic (exact) mass is 308 g/mol. The number of likely N-dealkylation sites (tertiary alicyclic amines) is 1. The van der Waals surface area contributed by atoms with E-state index in [0.717, 1.165) is 43.6 Å². The Kier molecular flexibility index (Phi) is 4.96. The number of anilines is 1. The van der Waals surface area contributed by atoms with Crippen molar-refractivity contribution in [2.45, 2.75) is 31.6 Å². The zero-order valence-corrected chi connectivity index (χ0v) is 13.4. The van der Waals surface area contributed by atoms with Crippen molar-refractivity contribution in [3.8, 4) is 0 Å². The van der Waals surface area contributed by atoms with Gasteiger partial charge in [-0.1, -0.05) is 48.5 Å². The smallest absolute Gasteiger partial charge is 0.222 e. The largest absolute Gasteiger partial charge is 0.399 e. The summed E-state index contributed by atoms with van der Waals surface area (Å²) < 4.78 is 0. The maximum absolute atomic E-state index is 12.4. The van der Waals surface area contributed by atoms with Gasteiger partial charge in [-0.05, 0) is 42.4 Å². The molecule has 120 valence electrons. The van der Waals surface area contributed by atoms with Gasteiger partial charge in [0.2, 0.25) is 5.91 Å². The van der Waals surface area contributed by atoms with Crippen molar-refractivity contribution in [1.82, 2.24) is 4.90 Å². The van der Waals surface area contributed by atoms with E-state index in [4.69, 9.17) is 5.73 Å². The molecule has 2 N–H and O–H groups in total. The van der Waals surface area contributed by atoms with Gasteiger partial charge in [0.15, 0.2) is 0 Å². The number of nitrogens with zero attached hydrogens (tertiary/aromatic N) is 1. The van der Waals surface area contributed by atoms with Gasteiger partial charge in [-0.15, -0.1) is 0 Å². The molecular weight excluding hydrogens is 284 g/mol. The summed E-state index contributed by atoms with van der Waals surface area (Å²) in [5, 5.41) is 0. The molecule has 3 nitrogen and oxygen atoms in total. The Morgan fingerprint density at radius 2 is 1.65 bits per heavy atom. The third kappa shape index (κ3) is 3.92. The van der Waals surface area contributed by atoms with Gasteiger partial charge in [-0.25, -0.2) is 0 Å². The lowest BCUT2D eigenvalue weighted by molar-refractivity contribution is -0.132. The molecule has 1 saturated heterocycles. The van der Waals surface area contributed by atoms with Crippen molar-refractivity contribution < 1.29 is 4.79 Å². The van der Waals surface area contributed by atoms with E-state index in [0.29, 0.717) is 12.3 Å². The highest BCUT2D eigenvalue weighted by atomic mass is 16.2. The van der Waals surface area contributed by atoms with Gasteiger partial charge in [0.25, 0.3) is 0 Å². The van der Waals surface area contributed by atoms with Crippen molar-refractivity contribution >= 4 is 11.6 Å². The van der Waals surface area contributed by atoms with E-state index in [9.17, 15) is 4.79 Å². The Morgan fingerprint density at radius 3 is 2.35 bits per heavy atom. The molecule has 1 aliphatic heterocycles. The standard InChI is InChI=1S/C20H24N2O/c21-19-9-5-4-8-18(19)10-11-20(23)22-14-12-17(13-15-22)16-6-2-1-3-7-16/h1-9,17H,10-15,21H2. The van der Waals surface area contributed by atoms with Gasteiger partial charge in [-0.3, -0.25) is 4.79 Å². The fraction of sp³-hybridized carbons (Fsp3) is 0.350. The molecule has 0 aromatic heterocycles. The maximum Gasteiger partial charge on any atom is 0.222 e. The Hall–Kier alpha value is -2.29. The fourth-order valence-electron chi connectivity index (χ4n) is 3.35. The summed E-state index contributed by atoms with van der Waals surface area (Å²) >= 11 is 0. The van der Waals surface area contributed by atoms with Crippen LogP contribution in [0.4, 0.5) is 5.69 Å². The number of nitrogens with two attached hydrogens (primary N) is 1. The number of rotatable bonds is 4. The summed E-state index contributed by atoms with van der Waals surface area (Å²) in [5.74, 6) is 0.838. The first-order chi connectivity index (χ1) is 11.2. The molecule has 3 rings (SSSR count). The molecule has 0 aliphatic carbocycles. The Bertz CT molecular complexity index is 646. The van der Waals surface area contributed by atoms with Crippen LogP contribution in [0.3, 0.4) is 0 Å². The van der Waals surface area contributed by atoms with Crippen LogP contribution in [0.1, 0.15) is 36.3 Å². The van der Waals surface area contributed by atoms with Crippen LogP contribution in [0.25, 0.3) is 0 Å². The summed E-state index contributed by atoms with van der Waals surface area (Å²) in [6.45, 7) is 1.73. The minimum Gasteiger partial charge on any atom is -0.399 e. The lowest BCUT2D eigenvalue weighted by Crippen LogP contribution is -2.38. The molecule has 0 atom stereocenters. The molecule has 0 spiro atoms. The summed E-state index contributed by atoms with van der Waals surface area (Å²) in [6.07, 6.45) is 3.39. The topological polar surface area (TPSA) is 46.3 Å². The SMILES string of the molecule is Nc1ccccc1CCC(=O)N1CCC(c2ccccc2)CC1. The van der Waals surface area contributed by atoms with E-state index in [1.807, 2.05) is 29.2 Å². The van der Waals surface area contributed by atoms with Gasteiger partial charge in [0, 0.05) is 25.2 Å². The summed E-state index contributed by atoms with van der Waals surface area (Å²) in [6, 6.07) is 18.4. The third-order valence-electron chi connectivity index (χ3n) is 4.78. The lowest BCUT2D eigenvalue weighted by atomic mass is 9.89. The Labute approximate surface area is 138 Å². The van der Waals surface area contributed by atoms with Gasteiger partial charge in [-0.2, -0.15) is 0 Å². The molecule has 0 unspecified atom stereocenters. The zero-order valence-electron chi connectivity index (χ0n) is 13.4. The number of carbonyl (C=O) groups excluding carboxylic acids is 1. The molecule has 1 fully saturated rings. The summed E-state index contributed by atoms with van der Waals surface area (Å²) in [5.41, 5.74) is 9.19. The van der Waals surface area contributed by atoms with E-state index in [-0.39, 0.29) is 5.91 Å². The van der Waals surface area contributed by atoms with Crippen molar-refractivity contribution in [2.24, 2.45) is 0 Å². The fourth-order valence-corrected chi connectivity index (χ4v) is 3.35. The number of hydrogen-bond donors (Lipinski definition) is 1. The quantitative estimate of drug-likeness (QED) is 0.877. The Morgan fingerprint density at radius 1 is 1.00 bits per heavy atom. The van der Waals surface area contributed by atoms with Crippen molar-refractivity contribution in [2.75, 3.05) is 18.8 Å². The number of nitrogen functional groups attached to an aromatic ring is 1. The van der Waals surface area contributed by atoms with Gasteiger partial charge < -0.3 is 10.6 Å². The molecule has 2 aromatic carbocycles. The molecule has 0 saturated carbocycles.